The minimum Gasteiger partial charge on any atom is -0.290 e. The average Bonchev–Trinajstić information content (AvgIpc) is 2.62. The van der Waals surface area contributed by atoms with E-state index >= 15 is 0 Å². The lowest BCUT2D eigenvalue weighted by atomic mass is 10.2. The summed E-state index contributed by atoms with van der Waals surface area (Å²) in [4.78, 5) is 18.1. The lowest BCUT2D eigenvalue weighted by molar-refractivity contribution is -0.124. The molecule has 1 aliphatic rings. The predicted octanol–water partition coefficient (Wildman–Crippen LogP) is 2.91. The smallest absolute Gasteiger partial charge is 0.239 e. The van der Waals surface area contributed by atoms with E-state index in [2.05, 4.69) is 18.8 Å². The molecule has 90 valence electrons. The molecule has 0 saturated carbocycles. The Balaban J connectivity index is 2.20. The van der Waals surface area contributed by atoms with Gasteiger partial charge in [0, 0.05) is 6.54 Å². The monoisotopic (exact) mass is 248 g/mol. The van der Waals surface area contributed by atoms with Crippen molar-refractivity contribution in [1.29, 1.82) is 0 Å². The molecule has 0 bridgehead atoms. The molecular weight excluding hydrogens is 232 g/mol. The number of carbonyl (C=O) groups is 1. The molecular formula is C13H16N2OS. The maximum atomic E-state index is 11.7. The van der Waals surface area contributed by atoms with Crippen molar-refractivity contribution in [3.63, 3.8) is 0 Å². The molecule has 1 amide bonds. The molecule has 1 heterocycles. The third-order valence-corrected chi connectivity index (χ3v) is 3.35. The van der Waals surface area contributed by atoms with Gasteiger partial charge in [-0.3, -0.25) is 9.69 Å². The van der Waals surface area contributed by atoms with Gasteiger partial charge in [-0.2, -0.15) is 0 Å². The number of hydrogen-bond acceptors (Lipinski definition) is 3. The fourth-order valence-corrected chi connectivity index (χ4v) is 2.55. The first-order chi connectivity index (χ1) is 8.16. The van der Waals surface area contributed by atoms with Gasteiger partial charge >= 0.3 is 0 Å². The van der Waals surface area contributed by atoms with Crippen molar-refractivity contribution in [2.24, 2.45) is 10.9 Å². The maximum absolute atomic E-state index is 11.7. The Hall–Kier alpha value is -1.29. The first-order valence-electron chi connectivity index (χ1n) is 5.73. The van der Waals surface area contributed by atoms with Gasteiger partial charge in [0.15, 0.2) is 5.17 Å². The summed E-state index contributed by atoms with van der Waals surface area (Å²) >= 11 is 1.52. The molecule has 2 rings (SSSR count). The van der Waals surface area contributed by atoms with Crippen LogP contribution in [0.25, 0.3) is 0 Å². The summed E-state index contributed by atoms with van der Waals surface area (Å²) in [5.74, 6) is 1.13. The van der Waals surface area contributed by atoms with E-state index in [1.54, 1.807) is 4.90 Å². The third-order valence-electron chi connectivity index (χ3n) is 2.39. The average molecular weight is 248 g/mol. The number of nitrogens with zero attached hydrogens (tertiary/aromatic N) is 2. The highest BCUT2D eigenvalue weighted by Gasteiger charge is 2.28. The Bertz CT molecular complexity index is 428. The molecule has 0 atom stereocenters. The zero-order valence-corrected chi connectivity index (χ0v) is 10.9. The minimum absolute atomic E-state index is 0.165. The topological polar surface area (TPSA) is 32.7 Å². The van der Waals surface area contributed by atoms with Crippen molar-refractivity contribution in [3.8, 4) is 0 Å². The first-order valence-corrected chi connectivity index (χ1v) is 6.72. The molecule has 4 heteroatoms. The maximum Gasteiger partial charge on any atom is 0.239 e. The zero-order valence-electron chi connectivity index (χ0n) is 10.1. The van der Waals surface area contributed by atoms with Gasteiger partial charge in [-0.1, -0.05) is 43.8 Å². The number of carbonyl (C=O) groups excluding carboxylic acids is 1. The lowest BCUT2D eigenvalue weighted by Gasteiger charge is -2.18. The summed E-state index contributed by atoms with van der Waals surface area (Å²) in [7, 11) is 0. The van der Waals surface area contributed by atoms with E-state index in [-0.39, 0.29) is 5.91 Å². The Morgan fingerprint density at radius 2 is 2.06 bits per heavy atom. The van der Waals surface area contributed by atoms with Gasteiger partial charge in [-0.25, -0.2) is 4.99 Å². The van der Waals surface area contributed by atoms with E-state index < -0.39 is 0 Å². The van der Waals surface area contributed by atoms with Crippen molar-refractivity contribution in [1.82, 2.24) is 4.90 Å². The van der Waals surface area contributed by atoms with Gasteiger partial charge in [0.25, 0.3) is 0 Å². The normalized spacial score (nSPS) is 18.4. The van der Waals surface area contributed by atoms with E-state index in [1.165, 1.54) is 11.8 Å². The van der Waals surface area contributed by atoms with Gasteiger partial charge < -0.3 is 0 Å². The van der Waals surface area contributed by atoms with Crippen LogP contribution in [0.2, 0.25) is 0 Å². The van der Waals surface area contributed by atoms with Gasteiger partial charge in [-0.05, 0) is 18.1 Å². The number of rotatable bonds is 3. The van der Waals surface area contributed by atoms with Crippen molar-refractivity contribution in [3.05, 3.63) is 30.3 Å². The Morgan fingerprint density at radius 3 is 2.71 bits per heavy atom. The van der Waals surface area contributed by atoms with Crippen LogP contribution in [0.15, 0.2) is 35.3 Å². The molecule has 0 spiro atoms. The second-order valence-electron chi connectivity index (χ2n) is 4.42. The van der Waals surface area contributed by atoms with Crippen LogP contribution in [0.4, 0.5) is 5.69 Å². The van der Waals surface area contributed by atoms with Gasteiger partial charge in [0.2, 0.25) is 5.91 Å². The molecule has 1 saturated heterocycles. The summed E-state index contributed by atoms with van der Waals surface area (Å²) in [6.07, 6.45) is 0. The van der Waals surface area contributed by atoms with E-state index in [1.807, 2.05) is 30.3 Å². The van der Waals surface area contributed by atoms with Crippen LogP contribution in [0.5, 0.6) is 0 Å². The van der Waals surface area contributed by atoms with Crippen LogP contribution in [0.1, 0.15) is 13.8 Å². The molecule has 0 N–H and O–H groups in total. The fraction of sp³-hybridized carbons (Fsp3) is 0.385. The quantitative estimate of drug-likeness (QED) is 0.824. The minimum atomic E-state index is 0.165. The van der Waals surface area contributed by atoms with Crippen LogP contribution >= 0.6 is 11.8 Å². The van der Waals surface area contributed by atoms with Crippen LogP contribution in [-0.2, 0) is 4.79 Å². The van der Waals surface area contributed by atoms with Crippen LogP contribution in [-0.4, -0.2) is 28.3 Å². The fourth-order valence-electron chi connectivity index (χ4n) is 1.64. The number of aliphatic imine (C=N–C) groups is 1. The van der Waals surface area contributed by atoms with Crippen molar-refractivity contribution >= 4 is 28.5 Å². The van der Waals surface area contributed by atoms with E-state index in [0.717, 1.165) is 17.4 Å². The second kappa shape index (κ2) is 5.36. The molecule has 1 aliphatic heterocycles. The number of hydrogen-bond donors (Lipinski definition) is 0. The van der Waals surface area contributed by atoms with Gasteiger partial charge in [-0.15, -0.1) is 0 Å². The van der Waals surface area contributed by atoms with Crippen molar-refractivity contribution in [2.45, 2.75) is 13.8 Å². The number of amidine groups is 1. The third kappa shape index (κ3) is 3.09. The predicted molar refractivity (Wildman–Crippen MR) is 72.5 cm³/mol. The Morgan fingerprint density at radius 1 is 1.35 bits per heavy atom. The van der Waals surface area contributed by atoms with Crippen LogP contribution in [0.3, 0.4) is 0 Å². The number of para-hydroxylation sites is 1. The second-order valence-corrected chi connectivity index (χ2v) is 5.36. The number of benzene rings is 1. The summed E-state index contributed by atoms with van der Waals surface area (Å²) in [6, 6.07) is 9.76. The van der Waals surface area contributed by atoms with Gasteiger partial charge in [0.05, 0.1) is 11.4 Å². The highest BCUT2D eigenvalue weighted by molar-refractivity contribution is 8.15. The lowest BCUT2D eigenvalue weighted by Crippen LogP contribution is -2.32. The van der Waals surface area contributed by atoms with Crippen LogP contribution < -0.4 is 0 Å². The standard InChI is InChI=1S/C13H16N2OS/c1-10(2)8-15-12(16)9-17-13(15)14-11-6-4-3-5-7-11/h3-7,10H,8-9H2,1-2H3. The molecule has 1 aromatic rings. The van der Waals surface area contributed by atoms with Gasteiger partial charge in [0.1, 0.15) is 0 Å². The Kier molecular flexibility index (Phi) is 3.84. The molecule has 3 nitrogen and oxygen atoms in total. The van der Waals surface area contributed by atoms with Crippen LogP contribution in [0, 0.1) is 5.92 Å². The highest BCUT2D eigenvalue weighted by Crippen LogP contribution is 2.24. The molecule has 1 fully saturated rings. The summed E-state index contributed by atoms with van der Waals surface area (Å²) in [6.45, 7) is 4.96. The summed E-state index contributed by atoms with van der Waals surface area (Å²) in [5, 5.41) is 0.829. The summed E-state index contributed by atoms with van der Waals surface area (Å²) < 4.78 is 0. The molecule has 0 aliphatic carbocycles. The van der Waals surface area contributed by atoms with Crippen molar-refractivity contribution in [2.75, 3.05) is 12.3 Å². The number of thioether (sulfide) groups is 1. The SMILES string of the molecule is CC(C)CN1C(=O)CSC1=Nc1ccccc1. The largest absolute Gasteiger partial charge is 0.290 e. The van der Waals surface area contributed by atoms with E-state index in [0.29, 0.717) is 11.7 Å². The van der Waals surface area contributed by atoms with E-state index in [4.69, 9.17) is 0 Å². The molecule has 0 unspecified atom stereocenters. The molecule has 0 aromatic heterocycles. The molecule has 17 heavy (non-hydrogen) atoms. The summed E-state index contributed by atoms with van der Waals surface area (Å²) in [5.41, 5.74) is 0.901. The van der Waals surface area contributed by atoms with E-state index in [9.17, 15) is 4.79 Å². The van der Waals surface area contributed by atoms with Crippen molar-refractivity contribution < 1.29 is 4.79 Å². The zero-order chi connectivity index (χ0) is 12.3. The Labute approximate surface area is 106 Å². The number of amides is 1. The highest BCUT2D eigenvalue weighted by atomic mass is 32.2. The molecule has 1 aromatic carbocycles. The molecule has 0 radical (unpaired) electrons. The first kappa shape index (κ1) is 12.2.